The van der Waals surface area contributed by atoms with E-state index in [9.17, 15) is 19.8 Å². The second-order valence-electron chi connectivity index (χ2n) is 9.28. The van der Waals surface area contributed by atoms with Crippen LogP contribution in [0, 0.1) is 11.8 Å². The van der Waals surface area contributed by atoms with Gasteiger partial charge in [-0.05, 0) is 58.7 Å². The minimum absolute atomic E-state index is 0.0134. The van der Waals surface area contributed by atoms with Gasteiger partial charge in [0, 0.05) is 24.6 Å². The Morgan fingerprint density at radius 2 is 2.00 bits per heavy atom. The Morgan fingerprint density at radius 3 is 2.45 bits per heavy atom. The van der Waals surface area contributed by atoms with Crippen molar-refractivity contribution in [2.24, 2.45) is 11.8 Å². The largest absolute Gasteiger partial charge is 0.508 e. The molecule has 0 heterocycles. The van der Waals surface area contributed by atoms with Crippen LogP contribution in [0.15, 0.2) is 47.9 Å². The molecule has 2 unspecified atom stereocenters. The molecule has 0 saturated heterocycles. The first-order valence-electron chi connectivity index (χ1n) is 11.3. The van der Waals surface area contributed by atoms with Gasteiger partial charge in [0.2, 0.25) is 0 Å². The molecular weight excluding hydrogens is 456 g/mol. The molecule has 0 amide bonds. The lowest BCUT2D eigenvalue weighted by Gasteiger charge is -2.40. The van der Waals surface area contributed by atoms with Crippen molar-refractivity contribution in [3.8, 4) is 0 Å². The Hall–Kier alpha value is -1.48. The van der Waals surface area contributed by atoms with E-state index in [1.165, 1.54) is 0 Å². The molecule has 1 aliphatic carbocycles. The van der Waals surface area contributed by atoms with E-state index in [1.54, 1.807) is 13.0 Å². The third-order valence-corrected chi connectivity index (χ3v) is 7.81. The van der Waals surface area contributed by atoms with Crippen molar-refractivity contribution in [3.05, 3.63) is 47.9 Å². The predicted octanol–water partition coefficient (Wildman–Crippen LogP) is 4.21. The number of aliphatic hydroxyl groups is 2. The van der Waals surface area contributed by atoms with Crippen molar-refractivity contribution in [1.29, 1.82) is 0 Å². The van der Waals surface area contributed by atoms with Gasteiger partial charge in [0.05, 0.1) is 10.3 Å². The zero-order valence-corrected chi connectivity index (χ0v) is 22.3. The van der Waals surface area contributed by atoms with Crippen LogP contribution in [0.4, 0.5) is 0 Å². The van der Waals surface area contributed by atoms with Gasteiger partial charge in [0.15, 0.2) is 5.78 Å². The third-order valence-electron chi connectivity index (χ3n) is 6.61. The summed E-state index contributed by atoms with van der Waals surface area (Å²) in [5.74, 6) is -0.753. The maximum absolute atomic E-state index is 13.1. The van der Waals surface area contributed by atoms with Crippen LogP contribution in [0.5, 0.6) is 0 Å². The number of thiol groups is 2. The molecule has 1 rings (SSSR count). The molecule has 1 aliphatic rings. The van der Waals surface area contributed by atoms with E-state index < -0.39 is 10.9 Å². The van der Waals surface area contributed by atoms with Crippen molar-refractivity contribution in [1.82, 2.24) is 9.62 Å². The molecule has 3 N–H and O–H groups in total. The average Bonchev–Trinajstić information content (AvgIpc) is 2.73. The Bertz CT molecular complexity index is 821. The van der Waals surface area contributed by atoms with Gasteiger partial charge in [-0.25, -0.2) is 0 Å². The van der Waals surface area contributed by atoms with Crippen molar-refractivity contribution >= 4 is 37.0 Å². The summed E-state index contributed by atoms with van der Waals surface area (Å²) >= 11 is 8.82. The van der Waals surface area contributed by atoms with Crippen molar-refractivity contribution in [2.75, 3.05) is 14.1 Å². The first-order valence-corrected chi connectivity index (χ1v) is 12.2. The Kier molecular flexibility index (Phi) is 11.5. The standard InChI is InChI=1S/C25H40N2O4S2/c1-8-18(13-20(29)14-23(30)22(26-33)11-16(4)27(6)7)12-19-9-10-21(17(5)28)24(31)25(19,32)15(2)3/h10-11,16,18-19,23,26,28,30,32-33H,2,5,8-9,12-14H2,1,3-4,6-7H3/b22-11+/t16-,18-,19?,23?,25+/m0/s1. The van der Waals surface area contributed by atoms with Crippen molar-refractivity contribution < 1.29 is 19.8 Å². The van der Waals surface area contributed by atoms with E-state index in [2.05, 4.69) is 30.7 Å². The quantitative estimate of drug-likeness (QED) is 0.149. The fraction of sp³-hybridized carbons (Fsp3) is 0.600. The average molecular weight is 497 g/mol. The highest BCUT2D eigenvalue weighted by atomic mass is 32.1. The molecule has 6 nitrogen and oxygen atoms in total. The molecule has 0 aromatic heterocycles. The van der Waals surface area contributed by atoms with Gasteiger partial charge in [-0.2, -0.15) is 12.6 Å². The lowest BCUT2D eigenvalue weighted by molar-refractivity contribution is -0.121. The van der Waals surface area contributed by atoms with Crippen molar-refractivity contribution in [3.63, 3.8) is 0 Å². The number of hydrogen-bond acceptors (Lipinski definition) is 8. The Balaban J connectivity index is 2.94. The van der Waals surface area contributed by atoms with Gasteiger partial charge >= 0.3 is 0 Å². The smallest absolute Gasteiger partial charge is 0.186 e. The van der Waals surface area contributed by atoms with Crippen LogP contribution in [-0.4, -0.2) is 57.7 Å². The molecule has 33 heavy (non-hydrogen) atoms. The number of nitrogens with one attached hydrogen (secondary N) is 1. The maximum atomic E-state index is 13.1. The number of aliphatic hydroxyl groups excluding tert-OH is 2. The number of ketones is 2. The second-order valence-corrected chi connectivity index (χ2v) is 10.2. The number of likely N-dealkylation sites (N-methyl/N-ethyl adjacent to an activating group) is 1. The van der Waals surface area contributed by atoms with Crippen LogP contribution < -0.4 is 4.72 Å². The van der Waals surface area contributed by atoms with E-state index in [1.807, 2.05) is 38.9 Å². The Labute approximate surface area is 209 Å². The number of allylic oxidation sites excluding steroid dienone is 2. The summed E-state index contributed by atoms with van der Waals surface area (Å²) in [5.41, 5.74) is 1.29. The first-order chi connectivity index (χ1) is 15.3. The zero-order valence-electron chi connectivity index (χ0n) is 20.5. The van der Waals surface area contributed by atoms with Gasteiger partial charge in [-0.1, -0.05) is 51.0 Å². The summed E-state index contributed by atoms with van der Waals surface area (Å²) in [6, 6.07) is 0.0650. The third kappa shape index (κ3) is 7.50. The fourth-order valence-electron chi connectivity index (χ4n) is 4.13. The predicted molar refractivity (Wildman–Crippen MR) is 141 cm³/mol. The highest BCUT2D eigenvalue weighted by Crippen LogP contribution is 2.45. The molecule has 0 spiro atoms. The molecule has 0 aromatic rings. The summed E-state index contributed by atoms with van der Waals surface area (Å²) in [4.78, 5) is 27.8. The highest BCUT2D eigenvalue weighted by molar-refractivity contribution is 7.83. The number of nitrogens with zero attached hydrogens (tertiary/aromatic N) is 1. The van der Waals surface area contributed by atoms with Crippen LogP contribution in [0.25, 0.3) is 0 Å². The van der Waals surface area contributed by atoms with Crippen LogP contribution in [-0.2, 0) is 9.59 Å². The molecule has 0 aromatic carbocycles. The maximum Gasteiger partial charge on any atom is 0.186 e. The number of rotatable bonds is 13. The van der Waals surface area contributed by atoms with E-state index in [0.717, 1.165) is 6.42 Å². The minimum Gasteiger partial charge on any atom is -0.508 e. The Morgan fingerprint density at radius 1 is 1.39 bits per heavy atom. The summed E-state index contributed by atoms with van der Waals surface area (Å²) < 4.78 is 1.58. The highest BCUT2D eigenvalue weighted by Gasteiger charge is 2.47. The molecule has 5 atom stereocenters. The number of hydrogen-bond donors (Lipinski definition) is 5. The lowest BCUT2D eigenvalue weighted by atomic mass is 9.70. The molecule has 8 heteroatoms. The SMILES string of the molecule is C=C(O)C1=CCC(C[C@H](CC)CC(=O)CC(O)/C(=C\[C@H](C)N(C)C)NS)[C@](S)(C(=C)C)C1=O. The molecular formula is C25H40N2O4S2. The summed E-state index contributed by atoms with van der Waals surface area (Å²) in [7, 11) is 3.86. The van der Waals surface area contributed by atoms with Crippen LogP contribution in [0.2, 0.25) is 0 Å². The summed E-state index contributed by atoms with van der Waals surface area (Å²) in [5, 5.41) is 20.4. The molecule has 0 bridgehead atoms. The molecule has 0 fully saturated rings. The monoisotopic (exact) mass is 496 g/mol. The minimum atomic E-state index is -1.13. The molecule has 0 aliphatic heterocycles. The topological polar surface area (TPSA) is 89.9 Å². The summed E-state index contributed by atoms with van der Waals surface area (Å²) in [6.45, 7) is 13.2. The van der Waals surface area contributed by atoms with Crippen LogP contribution >= 0.6 is 25.4 Å². The van der Waals surface area contributed by atoms with Crippen molar-refractivity contribution in [2.45, 2.75) is 69.8 Å². The van der Waals surface area contributed by atoms with E-state index in [4.69, 9.17) is 12.6 Å². The number of carbonyl (C=O) groups is 2. The fourth-order valence-corrected chi connectivity index (χ4v) is 4.69. The number of Topliss-reactive ketones (excluding diaryl/α,β-unsaturated/α-hetero) is 2. The van der Waals surface area contributed by atoms with E-state index in [-0.39, 0.29) is 47.2 Å². The van der Waals surface area contributed by atoms with E-state index >= 15 is 0 Å². The first kappa shape index (κ1) is 29.6. The van der Waals surface area contributed by atoms with Crippen LogP contribution in [0.3, 0.4) is 0 Å². The van der Waals surface area contributed by atoms with Gasteiger partial charge in [-0.3, -0.25) is 9.59 Å². The number of carbonyl (C=O) groups excluding carboxylic acids is 2. The molecule has 0 radical (unpaired) electrons. The zero-order chi connectivity index (χ0) is 25.5. The normalized spacial score (nSPS) is 24.2. The lowest BCUT2D eigenvalue weighted by Crippen LogP contribution is -2.46. The van der Waals surface area contributed by atoms with E-state index in [0.29, 0.717) is 30.5 Å². The van der Waals surface area contributed by atoms with Gasteiger partial charge in [0.25, 0.3) is 0 Å². The van der Waals surface area contributed by atoms with Gasteiger partial charge in [0.1, 0.15) is 17.6 Å². The van der Waals surface area contributed by atoms with Crippen LogP contribution in [0.1, 0.15) is 52.9 Å². The van der Waals surface area contributed by atoms with Gasteiger partial charge < -0.3 is 19.8 Å². The molecule has 186 valence electrons. The van der Waals surface area contributed by atoms with Gasteiger partial charge in [-0.15, -0.1) is 0 Å². The second kappa shape index (κ2) is 12.8. The molecule has 0 saturated carbocycles. The summed E-state index contributed by atoms with van der Waals surface area (Å²) in [6.07, 6.45) is 4.75.